The number of rotatable bonds is 6. The molecule has 5 rings (SSSR count). The number of methoxy groups -OCH3 is 1. The summed E-state index contributed by atoms with van der Waals surface area (Å²) >= 11 is 0. The molecule has 0 spiro atoms. The summed E-state index contributed by atoms with van der Waals surface area (Å²) in [7, 11) is -1.39. The second-order valence-electron chi connectivity index (χ2n) is 13.4. The maximum Gasteiger partial charge on any atom is 0.217 e. The van der Waals surface area contributed by atoms with Gasteiger partial charge in [0.15, 0.2) is 0 Å². The molecule has 0 radical (unpaired) electrons. The van der Waals surface area contributed by atoms with Gasteiger partial charge in [-0.1, -0.05) is 46.0 Å². The average molecular weight is 523 g/mol. The molecule has 2 saturated heterocycles. The Hall–Kier alpha value is -0.170. The third kappa shape index (κ3) is 5.45. The van der Waals surface area contributed by atoms with Crippen molar-refractivity contribution in [2.45, 2.75) is 121 Å². The fourth-order valence-electron chi connectivity index (χ4n) is 9.44. The van der Waals surface area contributed by atoms with E-state index in [2.05, 4.69) is 18.7 Å². The number of hydrogen-bond acceptors (Lipinski definition) is 4. The van der Waals surface area contributed by atoms with Crippen molar-refractivity contribution in [2.24, 2.45) is 35.5 Å². The molecule has 0 aromatic rings. The van der Waals surface area contributed by atoms with E-state index in [4.69, 9.17) is 4.74 Å². The molecule has 3 aliphatic carbocycles. The van der Waals surface area contributed by atoms with E-state index in [1.54, 1.807) is 0 Å². The summed E-state index contributed by atoms with van der Waals surface area (Å²) in [6.07, 6.45) is 17.5. The summed E-state index contributed by atoms with van der Waals surface area (Å²) in [5.74, 6) is 4.41. The Morgan fingerprint density at radius 3 is 2.08 bits per heavy atom. The molecule has 5 aliphatic rings. The average Bonchev–Trinajstić information content (AvgIpc) is 2.86. The van der Waals surface area contributed by atoms with Crippen molar-refractivity contribution < 1.29 is 13.2 Å². The van der Waals surface area contributed by atoms with Gasteiger partial charge in [0.1, 0.15) is 0 Å². The van der Waals surface area contributed by atoms with Gasteiger partial charge in [0.05, 0.1) is 11.9 Å². The third-order valence-electron chi connectivity index (χ3n) is 11.5. The highest BCUT2D eigenvalue weighted by Crippen LogP contribution is 2.49. The second-order valence-corrected chi connectivity index (χ2v) is 15.6. The summed E-state index contributed by atoms with van der Waals surface area (Å²) in [5.41, 5.74) is 0. The molecule has 6 heteroatoms. The molecule has 0 bridgehead atoms. The first-order valence-electron chi connectivity index (χ1n) is 15.7. The van der Waals surface area contributed by atoms with Crippen molar-refractivity contribution >= 4 is 10.0 Å². The molecule has 0 aromatic heterocycles. The van der Waals surface area contributed by atoms with E-state index >= 15 is 0 Å². The normalized spacial score (nSPS) is 43.7. The summed E-state index contributed by atoms with van der Waals surface area (Å²) < 4.78 is 35.5. The molecule has 0 aromatic carbocycles. The van der Waals surface area contributed by atoms with Gasteiger partial charge in [-0.05, 0) is 99.8 Å². The van der Waals surface area contributed by atoms with Gasteiger partial charge < -0.3 is 4.74 Å². The lowest BCUT2D eigenvalue weighted by molar-refractivity contribution is -0.128. The van der Waals surface area contributed by atoms with Gasteiger partial charge in [-0.3, -0.25) is 4.90 Å². The van der Waals surface area contributed by atoms with Crippen LogP contribution in [0.15, 0.2) is 0 Å². The molecular formula is C30H54N2O3S. The quantitative estimate of drug-likeness (QED) is 0.433. The van der Waals surface area contributed by atoms with Crippen LogP contribution in [0.5, 0.6) is 0 Å². The smallest absolute Gasteiger partial charge is 0.217 e. The highest BCUT2D eigenvalue weighted by molar-refractivity contribution is 7.89. The topological polar surface area (TPSA) is 49.9 Å². The van der Waals surface area contributed by atoms with Crippen LogP contribution < -0.4 is 0 Å². The molecule has 0 N–H and O–H groups in total. The van der Waals surface area contributed by atoms with Gasteiger partial charge in [0.25, 0.3) is 0 Å². The van der Waals surface area contributed by atoms with E-state index < -0.39 is 10.0 Å². The Bertz CT molecular complexity index is 811. The van der Waals surface area contributed by atoms with Gasteiger partial charge in [0, 0.05) is 32.3 Å². The van der Waals surface area contributed by atoms with E-state index in [1.165, 1.54) is 57.8 Å². The Morgan fingerprint density at radius 2 is 1.39 bits per heavy atom. The molecule has 5 fully saturated rings. The standard InChI is InChI=1S/C30H54N2O3S/c1-22-10-4-6-12-26(22)24-14-16-25(17-15-24)30-27-20-31(18-8-9-19-32(27)28(30)21-35-3)36(33,34)29-13-7-5-11-23(29)2/h22-30H,4-21H2,1-3H3/t22?,23?,24?,25?,26?,27?,28-,29?,30+/m1/s1. The van der Waals surface area contributed by atoms with E-state index in [0.717, 1.165) is 82.0 Å². The van der Waals surface area contributed by atoms with Crippen molar-refractivity contribution in [3.05, 3.63) is 0 Å². The minimum Gasteiger partial charge on any atom is -0.383 e. The van der Waals surface area contributed by atoms with Crippen LogP contribution in [0.1, 0.15) is 104 Å². The Kier molecular flexibility index (Phi) is 9.07. The maximum atomic E-state index is 13.9. The third-order valence-corrected chi connectivity index (χ3v) is 14.0. The molecular weight excluding hydrogens is 468 g/mol. The minimum atomic E-state index is -3.23. The first kappa shape index (κ1) is 27.4. The van der Waals surface area contributed by atoms with Crippen LogP contribution in [0.4, 0.5) is 0 Å². The lowest BCUT2D eigenvalue weighted by Gasteiger charge is -2.60. The van der Waals surface area contributed by atoms with E-state index in [9.17, 15) is 8.42 Å². The first-order valence-corrected chi connectivity index (χ1v) is 17.2. The van der Waals surface area contributed by atoms with Crippen molar-refractivity contribution in [2.75, 3.05) is 33.4 Å². The number of sulfonamides is 1. The Balaban J connectivity index is 1.29. The molecule has 7 atom stereocenters. The van der Waals surface area contributed by atoms with Gasteiger partial charge in [-0.25, -0.2) is 12.7 Å². The molecule has 2 aliphatic heterocycles. The van der Waals surface area contributed by atoms with Crippen molar-refractivity contribution in [3.63, 3.8) is 0 Å². The fourth-order valence-corrected chi connectivity index (χ4v) is 11.8. The van der Waals surface area contributed by atoms with Crippen LogP contribution in [-0.4, -0.2) is 68.3 Å². The van der Waals surface area contributed by atoms with E-state index in [-0.39, 0.29) is 5.25 Å². The van der Waals surface area contributed by atoms with Crippen LogP contribution in [0, 0.1) is 35.5 Å². The largest absolute Gasteiger partial charge is 0.383 e. The molecule has 2 heterocycles. The van der Waals surface area contributed by atoms with Crippen LogP contribution in [-0.2, 0) is 14.8 Å². The van der Waals surface area contributed by atoms with Gasteiger partial charge >= 0.3 is 0 Å². The predicted octanol–water partition coefficient (Wildman–Crippen LogP) is 5.94. The summed E-state index contributed by atoms with van der Waals surface area (Å²) in [6, 6.07) is 0.862. The monoisotopic (exact) mass is 522 g/mol. The number of nitrogens with zero attached hydrogens (tertiary/aromatic N) is 2. The van der Waals surface area contributed by atoms with Crippen LogP contribution >= 0.6 is 0 Å². The Labute approximate surface area is 222 Å². The van der Waals surface area contributed by atoms with Gasteiger partial charge in [-0.2, -0.15) is 0 Å². The van der Waals surface area contributed by atoms with Crippen molar-refractivity contribution in [3.8, 4) is 0 Å². The number of ether oxygens (including phenoxy) is 1. The zero-order valence-corrected chi connectivity index (χ0v) is 24.3. The second kappa shape index (κ2) is 11.9. The number of hydrogen-bond donors (Lipinski definition) is 0. The zero-order valence-electron chi connectivity index (χ0n) is 23.5. The molecule has 0 amide bonds. The predicted molar refractivity (Wildman–Crippen MR) is 147 cm³/mol. The highest BCUT2D eigenvalue weighted by atomic mass is 32.2. The number of fused-ring (bicyclic) bond motifs is 1. The Morgan fingerprint density at radius 1 is 0.750 bits per heavy atom. The molecule has 5 nitrogen and oxygen atoms in total. The lowest BCUT2D eigenvalue weighted by Crippen LogP contribution is -2.71. The zero-order chi connectivity index (χ0) is 25.3. The molecule has 5 unspecified atom stereocenters. The summed E-state index contributed by atoms with van der Waals surface area (Å²) in [5, 5.41) is -0.166. The van der Waals surface area contributed by atoms with E-state index in [1.807, 2.05) is 11.4 Å². The summed E-state index contributed by atoms with van der Waals surface area (Å²) in [6.45, 7) is 8.03. The van der Waals surface area contributed by atoms with Gasteiger partial charge in [0.2, 0.25) is 10.0 Å². The SMILES string of the molecule is COC[C@@H]1[C@@H](C2CCC(C3CCCCC3C)CC2)C2CN(S(=O)(=O)C3CCCCC3C)CCCCN21. The molecule has 36 heavy (non-hydrogen) atoms. The van der Waals surface area contributed by atoms with Crippen LogP contribution in [0.2, 0.25) is 0 Å². The highest BCUT2D eigenvalue weighted by Gasteiger charge is 2.53. The maximum absolute atomic E-state index is 13.9. The minimum absolute atomic E-state index is 0.166. The van der Waals surface area contributed by atoms with Crippen LogP contribution in [0.25, 0.3) is 0 Å². The molecule has 208 valence electrons. The van der Waals surface area contributed by atoms with Crippen molar-refractivity contribution in [1.29, 1.82) is 0 Å². The van der Waals surface area contributed by atoms with E-state index in [0.29, 0.717) is 23.9 Å². The van der Waals surface area contributed by atoms with Crippen molar-refractivity contribution in [1.82, 2.24) is 9.21 Å². The fraction of sp³-hybridized carbons (Fsp3) is 1.00. The summed E-state index contributed by atoms with van der Waals surface area (Å²) in [4.78, 5) is 2.65. The lowest BCUT2D eigenvalue weighted by atomic mass is 9.61. The molecule has 3 saturated carbocycles. The van der Waals surface area contributed by atoms with Crippen LogP contribution in [0.3, 0.4) is 0 Å². The first-order chi connectivity index (χ1) is 17.4. The van der Waals surface area contributed by atoms with Gasteiger partial charge in [-0.15, -0.1) is 0 Å².